The number of hydrogen-bond donors (Lipinski definition) is 1. The molecule has 0 spiro atoms. The molecule has 0 amide bonds. The summed E-state index contributed by atoms with van der Waals surface area (Å²) in [7, 11) is -3.75. The first-order valence-corrected chi connectivity index (χ1v) is 8.87. The molecule has 1 N–H and O–H groups in total. The zero-order valence-corrected chi connectivity index (χ0v) is 13.7. The molecule has 0 saturated heterocycles. The molecule has 1 aromatic heterocycles. The Labute approximate surface area is 143 Å². The van der Waals surface area contributed by atoms with Gasteiger partial charge in [0.25, 0.3) is 0 Å². The van der Waals surface area contributed by atoms with E-state index in [2.05, 4.69) is 14.9 Å². The summed E-state index contributed by atoms with van der Waals surface area (Å²) in [6.07, 6.45) is 0. The van der Waals surface area contributed by atoms with E-state index in [1.807, 2.05) is 30.3 Å². The maximum absolute atomic E-state index is 12.4. The van der Waals surface area contributed by atoms with Crippen LogP contribution >= 0.6 is 0 Å². The van der Waals surface area contributed by atoms with Crippen molar-refractivity contribution in [3.05, 3.63) is 54.4 Å². The summed E-state index contributed by atoms with van der Waals surface area (Å²) in [5.41, 5.74) is 0.788. The van der Waals surface area contributed by atoms with Crippen LogP contribution in [0, 0.1) is 0 Å². The fourth-order valence-electron chi connectivity index (χ4n) is 2.32. The molecule has 8 nitrogen and oxygen atoms in total. The Kier molecular flexibility index (Phi) is 3.86. The van der Waals surface area contributed by atoms with Crippen LogP contribution in [0.2, 0.25) is 0 Å². The van der Waals surface area contributed by atoms with Crippen LogP contribution in [0.15, 0.2) is 57.9 Å². The maximum Gasteiger partial charge on any atom is 0.242 e. The van der Waals surface area contributed by atoms with Gasteiger partial charge in [0.2, 0.25) is 28.5 Å². The molecule has 0 radical (unpaired) electrons. The number of hydrogen-bond acceptors (Lipinski definition) is 7. The lowest BCUT2D eigenvalue weighted by Gasteiger charge is -2.05. The molecule has 1 aliphatic heterocycles. The SMILES string of the molecule is O=S(=O)(NCc1nc(-c2ccccc2)no1)c1ccc2c(c1)OCO2. The molecule has 128 valence electrons. The third-order valence-electron chi connectivity index (χ3n) is 3.57. The lowest BCUT2D eigenvalue weighted by molar-refractivity contribution is 0.174. The number of sulfonamides is 1. The molecular weight excluding hydrogens is 346 g/mol. The van der Waals surface area contributed by atoms with E-state index in [4.69, 9.17) is 14.0 Å². The molecule has 0 saturated carbocycles. The number of rotatable bonds is 5. The van der Waals surface area contributed by atoms with E-state index in [1.54, 1.807) is 6.07 Å². The molecule has 0 aliphatic carbocycles. The van der Waals surface area contributed by atoms with Crippen LogP contribution in [0.3, 0.4) is 0 Å². The number of aromatic nitrogens is 2. The van der Waals surface area contributed by atoms with Crippen molar-refractivity contribution in [2.75, 3.05) is 6.79 Å². The van der Waals surface area contributed by atoms with Crippen molar-refractivity contribution in [3.8, 4) is 22.9 Å². The van der Waals surface area contributed by atoms with E-state index in [-0.39, 0.29) is 24.1 Å². The topological polar surface area (TPSA) is 104 Å². The quantitative estimate of drug-likeness (QED) is 0.742. The lowest BCUT2D eigenvalue weighted by Crippen LogP contribution is -2.23. The molecule has 0 bridgehead atoms. The number of nitrogens with zero attached hydrogens (tertiary/aromatic N) is 2. The van der Waals surface area contributed by atoms with Gasteiger partial charge in [-0.05, 0) is 12.1 Å². The molecule has 25 heavy (non-hydrogen) atoms. The van der Waals surface area contributed by atoms with Gasteiger partial charge in [0.15, 0.2) is 11.5 Å². The Morgan fingerprint density at radius 2 is 1.84 bits per heavy atom. The summed E-state index contributed by atoms with van der Waals surface area (Å²) in [5.74, 6) is 1.48. The second-order valence-electron chi connectivity index (χ2n) is 5.22. The number of nitrogens with one attached hydrogen (secondary N) is 1. The van der Waals surface area contributed by atoms with Crippen LogP contribution in [-0.4, -0.2) is 25.4 Å². The van der Waals surface area contributed by atoms with Crippen molar-refractivity contribution >= 4 is 10.0 Å². The first kappa shape index (κ1) is 15.6. The molecule has 2 heterocycles. The predicted molar refractivity (Wildman–Crippen MR) is 86.3 cm³/mol. The lowest BCUT2D eigenvalue weighted by atomic mass is 10.2. The normalized spacial score (nSPS) is 13.1. The van der Waals surface area contributed by atoms with Crippen molar-refractivity contribution in [1.29, 1.82) is 0 Å². The highest BCUT2D eigenvalue weighted by Gasteiger charge is 2.21. The van der Waals surface area contributed by atoms with Crippen LogP contribution < -0.4 is 14.2 Å². The fraction of sp³-hybridized carbons (Fsp3) is 0.125. The van der Waals surface area contributed by atoms with Crippen LogP contribution in [0.1, 0.15) is 5.89 Å². The van der Waals surface area contributed by atoms with Crippen LogP contribution in [0.5, 0.6) is 11.5 Å². The van der Waals surface area contributed by atoms with Gasteiger partial charge in [0, 0.05) is 11.6 Å². The Hall–Kier alpha value is -2.91. The monoisotopic (exact) mass is 359 g/mol. The Bertz CT molecular complexity index is 1000. The van der Waals surface area contributed by atoms with Gasteiger partial charge >= 0.3 is 0 Å². The maximum atomic E-state index is 12.4. The fourth-order valence-corrected chi connectivity index (χ4v) is 3.30. The first-order valence-electron chi connectivity index (χ1n) is 7.39. The molecule has 2 aromatic carbocycles. The number of benzene rings is 2. The summed E-state index contributed by atoms with van der Waals surface area (Å²) in [5, 5.41) is 3.85. The Morgan fingerprint density at radius 3 is 2.68 bits per heavy atom. The first-order chi connectivity index (χ1) is 12.1. The number of ether oxygens (including phenoxy) is 2. The summed E-state index contributed by atoms with van der Waals surface area (Å²) in [4.78, 5) is 4.25. The van der Waals surface area contributed by atoms with E-state index in [1.165, 1.54) is 12.1 Å². The van der Waals surface area contributed by atoms with Crippen molar-refractivity contribution in [2.24, 2.45) is 0 Å². The zero-order valence-electron chi connectivity index (χ0n) is 12.9. The summed E-state index contributed by atoms with van der Waals surface area (Å²) >= 11 is 0. The minimum absolute atomic E-state index is 0.0690. The highest BCUT2D eigenvalue weighted by atomic mass is 32.2. The van der Waals surface area contributed by atoms with Crippen molar-refractivity contribution in [1.82, 2.24) is 14.9 Å². The molecule has 0 fully saturated rings. The third kappa shape index (κ3) is 3.19. The van der Waals surface area contributed by atoms with Gasteiger partial charge in [0.1, 0.15) is 0 Å². The summed E-state index contributed by atoms with van der Waals surface area (Å²) < 4.78 is 42.7. The molecule has 0 atom stereocenters. The number of fused-ring (bicyclic) bond motifs is 1. The standard InChI is InChI=1S/C16H13N3O5S/c20-25(21,12-6-7-13-14(8-12)23-10-22-13)17-9-15-18-16(19-24-15)11-4-2-1-3-5-11/h1-8,17H,9-10H2. The van der Waals surface area contributed by atoms with Crippen molar-refractivity contribution in [2.45, 2.75) is 11.4 Å². The molecule has 3 aromatic rings. The van der Waals surface area contributed by atoms with E-state index in [0.717, 1.165) is 5.56 Å². The Morgan fingerprint density at radius 1 is 1.04 bits per heavy atom. The van der Waals surface area contributed by atoms with Gasteiger partial charge in [0.05, 0.1) is 11.4 Å². The van der Waals surface area contributed by atoms with Gasteiger partial charge in [-0.3, -0.25) is 0 Å². The van der Waals surface area contributed by atoms with Gasteiger partial charge in [-0.15, -0.1) is 0 Å². The van der Waals surface area contributed by atoms with E-state index < -0.39 is 10.0 Å². The van der Waals surface area contributed by atoms with Gasteiger partial charge in [-0.2, -0.15) is 4.98 Å². The van der Waals surface area contributed by atoms with E-state index in [9.17, 15) is 8.42 Å². The molecule has 0 unspecified atom stereocenters. The summed E-state index contributed by atoms with van der Waals surface area (Å²) in [6.45, 7) is -0.0346. The average Bonchev–Trinajstić information content (AvgIpc) is 3.29. The second kappa shape index (κ2) is 6.19. The summed E-state index contributed by atoms with van der Waals surface area (Å²) in [6, 6.07) is 13.7. The minimum Gasteiger partial charge on any atom is -0.454 e. The smallest absolute Gasteiger partial charge is 0.242 e. The van der Waals surface area contributed by atoms with Crippen molar-refractivity contribution < 1.29 is 22.4 Å². The molecular formula is C16H13N3O5S. The average molecular weight is 359 g/mol. The van der Waals surface area contributed by atoms with Crippen LogP contribution in [0.25, 0.3) is 11.4 Å². The van der Waals surface area contributed by atoms with Crippen LogP contribution in [0.4, 0.5) is 0 Å². The van der Waals surface area contributed by atoms with E-state index in [0.29, 0.717) is 17.3 Å². The largest absolute Gasteiger partial charge is 0.454 e. The zero-order chi connectivity index (χ0) is 17.3. The van der Waals surface area contributed by atoms with Crippen molar-refractivity contribution in [3.63, 3.8) is 0 Å². The molecule has 1 aliphatic rings. The highest BCUT2D eigenvalue weighted by molar-refractivity contribution is 7.89. The van der Waals surface area contributed by atoms with E-state index >= 15 is 0 Å². The van der Waals surface area contributed by atoms with Gasteiger partial charge in [-0.1, -0.05) is 35.5 Å². The Balaban J connectivity index is 1.48. The van der Waals surface area contributed by atoms with Crippen LogP contribution in [-0.2, 0) is 16.6 Å². The van der Waals surface area contributed by atoms with Gasteiger partial charge in [-0.25, -0.2) is 13.1 Å². The molecule has 9 heteroatoms. The van der Waals surface area contributed by atoms with Gasteiger partial charge < -0.3 is 14.0 Å². The second-order valence-corrected chi connectivity index (χ2v) is 6.98. The third-order valence-corrected chi connectivity index (χ3v) is 4.97. The molecule has 4 rings (SSSR count). The highest BCUT2D eigenvalue weighted by Crippen LogP contribution is 2.33. The predicted octanol–water partition coefficient (Wildman–Crippen LogP) is 1.94. The minimum atomic E-state index is -3.75.